The summed E-state index contributed by atoms with van der Waals surface area (Å²) in [6.45, 7) is 0.219. The second kappa shape index (κ2) is 7.00. The summed E-state index contributed by atoms with van der Waals surface area (Å²) in [6.07, 6.45) is 1.61. The van der Waals surface area contributed by atoms with Crippen molar-refractivity contribution in [3.63, 3.8) is 0 Å². The van der Waals surface area contributed by atoms with E-state index >= 15 is 0 Å². The average molecular weight is 342 g/mol. The highest BCUT2D eigenvalue weighted by Crippen LogP contribution is 2.22. The van der Waals surface area contributed by atoms with E-state index in [1.807, 2.05) is 0 Å². The van der Waals surface area contributed by atoms with Crippen molar-refractivity contribution in [1.29, 1.82) is 0 Å². The third kappa shape index (κ3) is 3.42. The van der Waals surface area contributed by atoms with E-state index in [1.54, 1.807) is 18.2 Å². The molecule has 1 aromatic carbocycles. The Kier molecular flexibility index (Phi) is 4.60. The molecule has 8 heteroatoms. The summed E-state index contributed by atoms with van der Waals surface area (Å²) < 4.78 is 4.93. The Hall–Kier alpha value is -3.42. The molecule has 3 rings (SSSR count). The number of carbonyl (C=O) groups excluding carboxylic acids is 4. The summed E-state index contributed by atoms with van der Waals surface area (Å²) in [6, 6.07) is 9.34. The number of rotatable bonds is 6. The molecule has 2 aromatic rings. The molecule has 0 saturated carbocycles. The van der Waals surface area contributed by atoms with Crippen LogP contribution in [0.15, 0.2) is 47.1 Å². The third-order valence-electron chi connectivity index (χ3n) is 3.54. The van der Waals surface area contributed by atoms with Crippen molar-refractivity contribution in [1.82, 2.24) is 10.4 Å². The maximum Gasteiger partial charge on any atom is 0.333 e. The van der Waals surface area contributed by atoms with Crippen molar-refractivity contribution in [3.05, 3.63) is 59.5 Å². The number of nitrogens with one attached hydrogen (secondary N) is 1. The Morgan fingerprint density at radius 3 is 2.32 bits per heavy atom. The molecule has 0 atom stereocenters. The molecule has 8 nitrogen and oxygen atoms in total. The van der Waals surface area contributed by atoms with Crippen LogP contribution in [0, 0.1) is 0 Å². The van der Waals surface area contributed by atoms with Crippen LogP contribution >= 0.6 is 0 Å². The second-order valence-corrected chi connectivity index (χ2v) is 5.25. The van der Waals surface area contributed by atoms with Crippen LogP contribution < -0.4 is 5.32 Å². The van der Waals surface area contributed by atoms with Crippen LogP contribution in [0.5, 0.6) is 0 Å². The Morgan fingerprint density at radius 2 is 1.72 bits per heavy atom. The van der Waals surface area contributed by atoms with E-state index in [4.69, 9.17) is 9.25 Å². The summed E-state index contributed by atoms with van der Waals surface area (Å²) in [5.41, 5.74) is 0.400. The number of fused-ring (bicyclic) bond motifs is 1. The minimum absolute atomic E-state index is 0.0637. The first kappa shape index (κ1) is 16.4. The zero-order valence-corrected chi connectivity index (χ0v) is 13.1. The number of carbonyl (C=O) groups is 4. The van der Waals surface area contributed by atoms with Gasteiger partial charge in [-0.3, -0.25) is 14.4 Å². The lowest BCUT2D eigenvalue weighted by molar-refractivity contribution is -0.168. The minimum Gasteiger partial charge on any atom is -0.459 e. The first-order valence-corrected chi connectivity index (χ1v) is 7.58. The number of hydroxylamine groups is 2. The molecule has 1 aromatic heterocycles. The fraction of sp³-hybridized carbons (Fsp3) is 0.176. The van der Waals surface area contributed by atoms with Crippen LogP contribution in [0.1, 0.15) is 44.1 Å². The average Bonchev–Trinajstić information content (AvgIpc) is 3.23. The second-order valence-electron chi connectivity index (χ2n) is 5.25. The number of amides is 3. The SMILES string of the molecule is O=C(CCCNC(=O)c1ccco1)ON1C(=O)c2ccccc2C1=O. The Bertz CT molecular complexity index is 792. The van der Waals surface area contributed by atoms with E-state index < -0.39 is 23.7 Å². The molecule has 0 bridgehead atoms. The topological polar surface area (TPSA) is 106 Å². The normalized spacial score (nSPS) is 12.9. The van der Waals surface area contributed by atoms with Crippen molar-refractivity contribution in [2.45, 2.75) is 12.8 Å². The highest BCUT2D eigenvalue weighted by molar-refractivity contribution is 6.20. The van der Waals surface area contributed by atoms with Gasteiger partial charge in [-0.2, -0.15) is 0 Å². The van der Waals surface area contributed by atoms with Crippen LogP contribution in [0.3, 0.4) is 0 Å². The smallest absolute Gasteiger partial charge is 0.333 e. The molecule has 0 radical (unpaired) electrons. The molecular weight excluding hydrogens is 328 g/mol. The van der Waals surface area contributed by atoms with E-state index in [1.165, 1.54) is 24.5 Å². The molecule has 0 fully saturated rings. The van der Waals surface area contributed by atoms with Gasteiger partial charge >= 0.3 is 5.97 Å². The molecule has 128 valence electrons. The minimum atomic E-state index is -0.734. The molecule has 0 spiro atoms. The number of furan rings is 1. The van der Waals surface area contributed by atoms with Gasteiger partial charge < -0.3 is 14.6 Å². The molecule has 1 aliphatic rings. The van der Waals surface area contributed by atoms with Crippen molar-refractivity contribution < 1.29 is 28.4 Å². The van der Waals surface area contributed by atoms with Crippen LogP contribution in [-0.4, -0.2) is 35.3 Å². The summed E-state index contributed by atoms with van der Waals surface area (Å²) in [4.78, 5) is 52.4. The van der Waals surface area contributed by atoms with Gasteiger partial charge in [0.25, 0.3) is 17.7 Å². The van der Waals surface area contributed by atoms with Gasteiger partial charge in [-0.15, -0.1) is 0 Å². The molecule has 25 heavy (non-hydrogen) atoms. The summed E-state index contributed by atoms with van der Waals surface area (Å²) in [7, 11) is 0. The summed E-state index contributed by atoms with van der Waals surface area (Å²) in [5.74, 6) is -2.28. The Labute approximate surface area is 142 Å². The molecular formula is C17H14N2O6. The Balaban J connectivity index is 1.45. The van der Waals surface area contributed by atoms with Gasteiger partial charge in [-0.05, 0) is 30.7 Å². The van der Waals surface area contributed by atoms with E-state index in [0.717, 1.165) is 0 Å². The van der Waals surface area contributed by atoms with Gasteiger partial charge in [-0.25, -0.2) is 4.79 Å². The summed E-state index contributed by atoms with van der Waals surface area (Å²) >= 11 is 0. The van der Waals surface area contributed by atoms with Gasteiger partial charge in [0.05, 0.1) is 17.4 Å². The fourth-order valence-corrected chi connectivity index (χ4v) is 2.33. The predicted octanol–water partition coefficient (Wildman–Crippen LogP) is 1.54. The fourth-order valence-electron chi connectivity index (χ4n) is 2.33. The van der Waals surface area contributed by atoms with Crippen LogP contribution in [0.25, 0.3) is 0 Å². The van der Waals surface area contributed by atoms with Gasteiger partial charge in [-0.1, -0.05) is 17.2 Å². The summed E-state index contributed by atoms with van der Waals surface area (Å²) in [5, 5.41) is 3.04. The monoisotopic (exact) mass is 342 g/mol. The number of hydrogen-bond acceptors (Lipinski definition) is 6. The molecule has 0 unspecified atom stereocenters. The molecule has 1 aliphatic heterocycles. The first-order chi connectivity index (χ1) is 12.1. The quantitative estimate of drug-likeness (QED) is 0.630. The van der Waals surface area contributed by atoms with Crippen LogP contribution in [-0.2, 0) is 9.63 Å². The third-order valence-corrected chi connectivity index (χ3v) is 3.54. The standard InChI is InChI=1S/C17H14N2O6/c20-14(8-3-9-18-15(21)13-7-4-10-24-13)25-19-16(22)11-5-1-2-6-12(11)17(19)23/h1-2,4-7,10H,3,8-9H2,(H,18,21). The lowest BCUT2D eigenvalue weighted by Crippen LogP contribution is -2.33. The molecule has 2 heterocycles. The van der Waals surface area contributed by atoms with Gasteiger partial charge in [0.2, 0.25) is 0 Å². The number of nitrogens with zero attached hydrogens (tertiary/aromatic N) is 1. The highest BCUT2D eigenvalue weighted by Gasteiger charge is 2.38. The number of benzene rings is 1. The van der Waals surface area contributed by atoms with E-state index in [-0.39, 0.29) is 36.3 Å². The maximum atomic E-state index is 12.1. The molecule has 1 N–H and O–H groups in total. The van der Waals surface area contributed by atoms with E-state index in [2.05, 4.69) is 5.32 Å². The van der Waals surface area contributed by atoms with Crippen molar-refractivity contribution >= 4 is 23.7 Å². The van der Waals surface area contributed by atoms with Crippen molar-refractivity contribution in [2.24, 2.45) is 0 Å². The maximum absolute atomic E-state index is 12.1. The molecule has 0 aliphatic carbocycles. The first-order valence-electron chi connectivity index (χ1n) is 7.58. The Morgan fingerprint density at radius 1 is 1.04 bits per heavy atom. The number of imide groups is 1. The van der Waals surface area contributed by atoms with Crippen molar-refractivity contribution in [2.75, 3.05) is 6.54 Å². The van der Waals surface area contributed by atoms with E-state index in [9.17, 15) is 19.2 Å². The van der Waals surface area contributed by atoms with Crippen LogP contribution in [0.2, 0.25) is 0 Å². The zero-order valence-electron chi connectivity index (χ0n) is 13.1. The van der Waals surface area contributed by atoms with Gasteiger partial charge in [0.1, 0.15) is 0 Å². The molecule has 0 saturated heterocycles. The van der Waals surface area contributed by atoms with Crippen molar-refractivity contribution in [3.8, 4) is 0 Å². The highest BCUT2D eigenvalue weighted by atomic mass is 16.7. The van der Waals surface area contributed by atoms with Crippen LogP contribution in [0.4, 0.5) is 0 Å². The lowest BCUT2D eigenvalue weighted by Gasteiger charge is -2.12. The van der Waals surface area contributed by atoms with E-state index in [0.29, 0.717) is 5.06 Å². The lowest BCUT2D eigenvalue weighted by atomic mass is 10.1. The molecule has 3 amide bonds. The van der Waals surface area contributed by atoms with Gasteiger partial charge in [0.15, 0.2) is 5.76 Å². The predicted molar refractivity (Wildman–Crippen MR) is 83.3 cm³/mol. The largest absolute Gasteiger partial charge is 0.459 e. The number of hydrogen-bond donors (Lipinski definition) is 1. The van der Waals surface area contributed by atoms with Gasteiger partial charge in [0, 0.05) is 13.0 Å². The zero-order chi connectivity index (χ0) is 17.8.